The molecule has 4 rings (SSSR count). The van der Waals surface area contributed by atoms with Crippen LogP contribution in [0.4, 0.5) is 0 Å². The van der Waals surface area contributed by atoms with Gasteiger partial charge in [0.25, 0.3) is 11.5 Å². The average Bonchev–Trinajstić information content (AvgIpc) is 3.26. The number of nitrogens with one attached hydrogen (secondary N) is 2. The first kappa shape index (κ1) is 22.5. The number of aromatic amines is 1. The van der Waals surface area contributed by atoms with Crippen LogP contribution in [0.25, 0.3) is 10.9 Å². The molecule has 0 aliphatic carbocycles. The maximum Gasteiger partial charge on any atom is 0.258 e. The third-order valence-corrected chi connectivity index (χ3v) is 6.13. The van der Waals surface area contributed by atoms with Gasteiger partial charge >= 0.3 is 0 Å². The number of rotatable bonds is 8. The highest BCUT2D eigenvalue weighted by Gasteiger charge is 2.20. The van der Waals surface area contributed by atoms with Gasteiger partial charge in [-0.2, -0.15) is 0 Å². The van der Waals surface area contributed by atoms with Gasteiger partial charge in [-0.3, -0.25) is 9.59 Å². The lowest BCUT2D eigenvalue weighted by Crippen LogP contribution is -2.28. The van der Waals surface area contributed by atoms with Gasteiger partial charge in [0.15, 0.2) is 11.0 Å². The Kier molecular flexibility index (Phi) is 6.74. The molecule has 0 aliphatic heterocycles. The van der Waals surface area contributed by atoms with Gasteiger partial charge in [0.2, 0.25) is 0 Å². The summed E-state index contributed by atoms with van der Waals surface area (Å²) in [5.74, 6) is 2.14. The van der Waals surface area contributed by atoms with Crippen LogP contribution in [0.1, 0.15) is 41.9 Å². The van der Waals surface area contributed by atoms with E-state index in [0.29, 0.717) is 51.3 Å². The molecule has 1 amide bonds. The third-order valence-electron chi connectivity index (χ3n) is 5.15. The highest BCUT2D eigenvalue weighted by Crippen LogP contribution is 2.23. The number of carbonyl (C=O) groups excluding carboxylic acids is 1. The SMILES string of the molecule is CCn1c(SCc2nc3ccccc3c(=O)[nH]2)nnc1[C@H](C)NC(=O)c1ccc(OC)cc1. The first-order valence-electron chi connectivity index (χ1n) is 10.5. The molecule has 2 aromatic carbocycles. The van der Waals surface area contributed by atoms with E-state index in [9.17, 15) is 9.59 Å². The molecule has 2 heterocycles. The highest BCUT2D eigenvalue weighted by molar-refractivity contribution is 7.98. The second kappa shape index (κ2) is 9.86. The number of fused-ring (bicyclic) bond motifs is 1. The Labute approximate surface area is 194 Å². The van der Waals surface area contributed by atoms with Crippen molar-refractivity contribution in [3.63, 3.8) is 0 Å². The molecule has 0 saturated heterocycles. The van der Waals surface area contributed by atoms with Crippen molar-refractivity contribution in [1.82, 2.24) is 30.0 Å². The molecule has 1 atom stereocenters. The zero-order valence-electron chi connectivity index (χ0n) is 18.5. The summed E-state index contributed by atoms with van der Waals surface area (Å²) >= 11 is 1.43. The van der Waals surface area contributed by atoms with Gasteiger partial charge in [0, 0.05) is 12.1 Å². The summed E-state index contributed by atoms with van der Waals surface area (Å²) in [7, 11) is 1.58. The molecular formula is C23H24N6O3S. The molecule has 2 aromatic heterocycles. The van der Waals surface area contributed by atoms with Crippen molar-refractivity contribution in [1.29, 1.82) is 0 Å². The summed E-state index contributed by atoms with van der Waals surface area (Å²) in [6.45, 7) is 4.49. The zero-order valence-corrected chi connectivity index (χ0v) is 19.3. The van der Waals surface area contributed by atoms with Crippen molar-refractivity contribution < 1.29 is 9.53 Å². The van der Waals surface area contributed by atoms with Crippen LogP contribution in [0.3, 0.4) is 0 Å². The van der Waals surface area contributed by atoms with Crippen molar-refractivity contribution in [2.75, 3.05) is 7.11 Å². The number of H-pyrrole nitrogens is 1. The Bertz CT molecular complexity index is 1330. The lowest BCUT2D eigenvalue weighted by Gasteiger charge is -2.15. The number of carbonyl (C=O) groups is 1. The fourth-order valence-electron chi connectivity index (χ4n) is 3.45. The molecule has 0 bridgehead atoms. The molecule has 0 radical (unpaired) electrons. The zero-order chi connectivity index (χ0) is 23.4. The normalized spacial score (nSPS) is 12.0. The van der Waals surface area contributed by atoms with Gasteiger partial charge in [0.1, 0.15) is 11.6 Å². The summed E-state index contributed by atoms with van der Waals surface area (Å²) in [6.07, 6.45) is 0. The molecule has 9 nitrogen and oxygen atoms in total. The van der Waals surface area contributed by atoms with E-state index in [0.717, 1.165) is 0 Å². The van der Waals surface area contributed by atoms with Gasteiger partial charge in [-0.05, 0) is 50.2 Å². The molecule has 2 N–H and O–H groups in total. The molecule has 0 unspecified atom stereocenters. The Morgan fingerprint density at radius 2 is 1.94 bits per heavy atom. The summed E-state index contributed by atoms with van der Waals surface area (Å²) in [4.78, 5) is 32.3. The molecule has 10 heteroatoms. The molecule has 0 aliphatic rings. The van der Waals surface area contributed by atoms with Gasteiger partial charge < -0.3 is 19.6 Å². The van der Waals surface area contributed by atoms with E-state index in [4.69, 9.17) is 4.74 Å². The molecule has 4 aromatic rings. The van der Waals surface area contributed by atoms with Gasteiger partial charge in [-0.1, -0.05) is 23.9 Å². The maximum absolute atomic E-state index is 12.6. The summed E-state index contributed by atoms with van der Waals surface area (Å²) in [5, 5.41) is 12.8. The van der Waals surface area contributed by atoms with E-state index in [1.165, 1.54) is 11.8 Å². The number of aromatic nitrogens is 5. The number of para-hydroxylation sites is 1. The number of nitrogens with zero attached hydrogens (tertiary/aromatic N) is 4. The van der Waals surface area contributed by atoms with Crippen molar-refractivity contribution in [2.24, 2.45) is 0 Å². The number of ether oxygens (including phenoxy) is 1. The first-order chi connectivity index (χ1) is 16.0. The summed E-state index contributed by atoms with van der Waals surface area (Å²) < 4.78 is 7.08. The lowest BCUT2D eigenvalue weighted by atomic mass is 10.2. The Morgan fingerprint density at radius 3 is 2.67 bits per heavy atom. The third kappa shape index (κ3) is 4.90. The first-order valence-corrected chi connectivity index (χ1v) is 11.5. The summed E-state index contributed by atoms with van der Waals surface area (Å²) in [5.41, 5.74) is 1.03. The number of hydrogen-bond donors (Lipinski definition) is 2. The second-order valence-corrected chi connectivity index (χ2v) is 8.27. The minimum atomic E-state index is -0.347. The van der Waals surface area contributed by atoms with E-state index in [1.807, 2.05) is 36.6 Å². The average molecular weight is 465 g/mol. The highest BCUT2D eigenvalue weighted by atomic mass is 32.2. The smallest absolute Gasteiger partial charge is 0.258 e. The topological polar surface area (TPSA) is 115 Å². The van der Waals surface area contributed by atoms with Gasteiger partial charge in [-0.15, -0.1) is 10.2 Å². The quantitative estimate of drug-likeness (QED) is 0.384. The van der Waals surface area contributed by atoms with E-state index in [1.54, 1.807) is 37.4 Å². The number of hydrogen-bond acceptors (Lipinski definition) is 7. The van der Waals surface area contributed by atoms with Crippen molar-refractivity contribution in [3.05, 3.63) is 76.1 Å². The Morgan fingerprint density at radius 1 is 1.18 bits per heavy atom. The number of thioether (sulfide) groups is 1. The Hall–Kier alpha value is -3.66. The largest absolute Gasteiger partial charge is 0.497 e. The van der Waals surface area contributed by atoms with Crippen LogP contribution in [0.5, 0.6) is 5.75 Å². The number of methoxy groups -OCH3 is 1. The van der Waals surface area contributed by atoms with Crippen LogP contribution in [0.15, 0.2) is 58.5 Å². The second-order valence-electron chi connectivity index (χ2n) is 7.33. The van der Waals surface area contributed by atoms with Crippen LogP contribution >= 0.6 is 11.8 Å². The van der Waals surface area contributed by atoms with Crippen LogP contribution in [-0.4, -0.2) is 37.7 Å². The van der Waals surface area contributed by atoms with Crippen LogP contribution in [0.2, 0.25) is 0 Å². The van der Waals surface area contributed by atoms with Crippen LogP contribution in [0, 0.1) is 0 Å². The van der Waals surface area contributed by atoms with Crippen molar-refractivity contribution in [3.8, 4) is 5.75 Å². The molecule has 33 heavy (non-hydrogen) atoms. The lowest BCUT2D eigenvalue weighted by molar-refractivity contribution is 0.0937. The fourth-order valence-corrected chi connectivity index (χ4v) is 4.33. The maximum atomic E-state index is 12.6. The summed E-state index contributed by atoms with van der Waals surface area (Å²) in [6, 6.07) is 13.8. The van der Waals surface area contributed by atoms with Crippen LogP contribution < -0.4 is 15.6 Å². The van der Waals surface area contributed by atoms with Crippen molar-refractivity contribution in [2.45, 2.75) is 37.3 Å². The van der Waals surface area contributed by atoms with E-state index >= 15 is 0 Å². The number of amides is 1. The van der Waals surface area contributed by atoms with Crippen molar-refractivity contribution >= 4 is 28.6 Å². The van der Waals surface area contributed by atoms with Gasteiger partial charge in [0.05, 0.1) is 29.8 Å². The predicted octanol–water partition coefficient (Wildman–Crippen LogP) is 3.33. The fraction of sp³-hybridized carbons (Fsp3) is 0.261. The number of benzene rings is 2. The monoisotopic (exact) mass is 464 g/mol. The molecule has 0 saturated carbocycles. The minimum Gasteiger partial charge on any atom is -0.497 e. The van der Waals surface area contributed by atoms with Gasteiger partial charge in [-0.25, -0.2) is 4.98 Å². The van der Waals surface area contributed by atoms with E-state index < -0.39 is 0 Å². The van der Waals surface area contributed by atoms with E-state index in [2.05, 4.69) is 25.5 Å². The predicted molar refractivity (Wildman–Crippen MR) is 126 cm³/mol. The van der Waals surface area contributed by atoms with Crippen LogP contribution in [-0.2, 0) is 12.3 Å². The Balaban J connectivity index is 1.47. The molecular weight excluding hydrogens is 440 g/mol. The molecule has 0 fully saturated rings. The molecule has 0 spiro atoms. The van der Waals surface area contributed by atoms with E-state index in [-0.39, 0.29) is 17.5 Å². The minimum absolute atomic E-state index is 0.163. The molecule has 170 valence electrons. The standard InChI is InChI=1S/C23H24N6O3S/c1-4-29-20(14(2)24-21(30)15-9-11-16(32-3)12-10-15)27-28-23(29)33-13-19-25-18-8-6-5-7-17(18)22(31)26-19/h5-12,14H,4,13H2,1-3H3,(H,24,30)(H,25,26,31)/t14-/m0/s1.